The third kappa shape index (κ3) is 3.46. The van der Waals surface area contributed by atoms with Crippen LogP contribution in [0.3, 0.4) is 0 Å². The molecule has 2 aliphatic rings. The second kappa shape index (κ2) is 7.54. The third-order valence-corrected chi connectivity index (χ3v) is 6.84. The van der Waals surface area contributed by atoms with Gasteiger partial charge in [-0.2, -0.15) is 5.10 Å². The smallest absolute Gasteiger partial charge is 0.187 e. The van der Waals surface area contributed by atoms with E-state index in [1.807, 2.05) is 11.6 Å². The van der Waals surface area contributed by atoms with Gasteiger partial charge in [-0.05, 0) is 63.8 Å². The summed E-state index contributed by atoms with van der Waals surface area (Å²) in [5.41, 5.74) is 3.51. The minimum absolute atomic E-state index is 0.247. The van der Waals surface area contributed by atoms with Gasteiger partial charge in [-0.3, -0.25) is 0 Å². The Morgan fingerprint density at radius 1 is 1.28 bits per heavy atom. The number of rotatable bonds is 3. The summed E-state index contributed by atoms with van der Waals surface area (Å²) >= 11 is 1.72. The molecule has 5 rings (SSSR count). The molecule has 152 valence electrons. The second-order valence-corrected chi connectivity index (χ2v) is 9.29. The molecule has 1 N–H and O–H groups in total. The van der Waals surface area contributed by atoms with Gasteiger partial charge in [0.15, 0.2) is 10.8 Å². The molecule has 0 unspecified atom stereocenters. The molecule has 6 nitrogen and oxygen atoms in total. The SMILES string of the molecule is Cc1nc(-c2nc3c(s2)CCOc2cc([C@H]4CCCNC4)ccc2-3)n(C(C)C)n1. The number of fused-ring (bicyclic) bond motifs is 3. The number of nitrogens with one attached hydrogen (secondary N) is 1. The Bertz CT molecular complexity index is 1030. The van der Waals surface area contributed by atoms with Crippen LogP contribution in [0.2, 0.25) is 0 Å². The van der Waals surface area contributed by atoms with E-state index >= 15 is 0 Å². The molecule has 1 aromatic carbocycles. The van der Waals surface area contributed by atoms with Gasteiger partial charge in [0.25, 0.3) is 0 Å². The summed E-state index contributed by atoms with van der Waals surface area (Å²) < 4.78 is 8.12. The van der Waals surface area contributed by atoms with Gasteiger partial charge >= 0.3 is 0 Å². The molecule has 1 saturated heterocycles. The van der Waals surface area contributed by atoms with Crippen molar-refractivity contribution in [1.29, 1.82) is 0 Å². The number of benzene rings is 1. The predicted octanol–water partition coefficient (Wildman–Crippen LogP) is 4.36. The fourth-order valence-electron chi connectivity index (χ4n) is 4.26. The molecule has 1 fully saturated rings. The van der Waals surface area contributed by atoms with Crippen LogP contribution in [0.4, 0.5) is 0 Å². The lowest BCUT2D eigenvalue weighted by Crippen LogP contribution is -2.28. The Balaban J connectivity index is 1.55. The number of aromatic nitrogens is 4. The van der Waals surface area contributed by atoms with Crippen LogP contribution in [-0.4, -0.2) is 39.4 Å². The quantitative estimate of drug-likeness (QED) is 0.696. The molecule has 29 heavy (non-hydrogen) atoms. The van der Waals surface area contributed by atoms with Crippen LogP contribution in [0.1, 0.15) is 54.9 Å². The Labute approximate surface area is 175 Å². The summed E-state index contributed by atoms with van der Waals surface area (Å²) in [6, 6.07) is 6.94. The second-order valence-electron chi connectivity index (χ2n) is 8.21. The number of ether oxygens (including phenoxy) is 1. The van der Waals surface area contributed by atoms with E-state index in [1.165, 1.54) is 23.3 Å². The van der Waals surface area contributed by atoms with Gasteiger partial charge in [-0.25, -0.2) is 14.6 Å². The lowest BCUT2D eigenvalue weighted by atomic mass is 9.90. The molecule has 0 aliphatic carbocycles. The number of thiazole rings is 1. The Morgan fingerprint density at radius 3 is 2.97 bits per heavy atom. The topological polar surface area (TPSA) is 64.9 Å². The number of piperidine rings is 1. The molecule has 0 bridgehead atoms. The average molecular weight is 410 g/mol. The first kappa shape index (κ1) is 18.8. The predicted molar refractivity (Wildman–Crippen MR) is 116 cm³/mol. The van der Waals surface area contributed by atoms with Gasteiger partial charge in [-0.1, -0.05) is 6.07 Å². The Hall–Kier alpha value is -2.25. The first-order chi connectivity index (χ1) is 14.1. The largest absolute Gasteiger partial charge is 0.492 e. The highest BCUT2D eigenvalue weighted by molar-refractivity contribution is 7.15. The maximum atomic E-state index is 6.15. The summed E-state index contributed by atoms with van der Waals surface area (Å²) in [4.78, 5) is 11.0. The zero-order valence-electron chi connectivity index (χ0n) is 17.2. The summed E-state index contributed by atoms with van der Waals surface area (Å²) in [5, 5.41) is 9.02. The van der Waals surface area contributed by atoms with Crippen molar-refractivity contribution in [2.24, 2.45) is 0 Å². The van der Waals surface area contributed by atoms with Crippen LogP contribution in [0, 0.1) is 6.92 Å². The van der Waals surface area contributed by atoms with Crippen LogP contribution in [-0.2, 0) is 6.42 Å². The zero-order chi connectivity index (χ0) is 20.0. The van der Waals surface area contributed by atoms with Crippen LogP contribution in [0.5, 0.6) is 5.75 Å². The van der Waals surface area contributed by atoms with Gasteiger partial charge in [0.2, 0.25) is 0 Å². The number of nitrogens with zero attached hydrogens (tertiary/aromatic N) is 4. The maximum Gasteiger partial charge on any atom is 0.187 e. The Morgan fingerprint density at radius 2 is 2.17 bits per heavy atom. The number of aryl methyl sites for hydroxylation is 1. The highest BCUT2D eigenvalue weighted by atomic mass is 32.1. The van der Waals surface area contributed by atoms with E-state index in [1.54, 1.807) is 11.3 Å². The Kier molecular flexibility index (Phi) is 4.87. The van der Waals surface area contributed by atoms with Gasteiger partial charge < -0.3 is 10.1 Å². The average Bonchev–Trinajstić information content (AvgIpc) is 3.28. The van der Waals surface area contributed by atoms with Crippen molar-refractivity contribution in [3.63, 3.8) is 0 Å². The molecule has 0 spiro atoms. The van der Waals surface area contributed by atoms with Crippen molar-refractivity contribution in [3.8, 4) is 27.8 Å². The van der Waals surface area contributed by atoms with Crippen LogP contribution < -0.4 is 10.1 Å². The van der Waals surface area contributed by atoms with Gasteiger partial charge in [-0.15, -0.1) is 11.3 Å². The van der Waals surface area contributed by atoms with E-state index in [4.69, 9.17) is 9.72 Å². The molecule has 7 heteroatoms. The molecule has 2 aliphatic heterocycles. The van der Waals surface area contributed by atoms with Crippen LogP contribution in [0.15, 0.2) is 18.2 Å². The fourth-order valence-corrected chi connectivity index (χ4v) is 5.30. The summed E-state index contributed by atoms with van der Waals surface area (Å²) in [6.45, 7) is 9.05. The first-order valence-corrected chi connectivity index (χ1v) is 11.3. The van der Waals surface area contributed by atoms with E-state index in [2.05, 4.69) is 47.4 Å². The normalized spacial score (nSPS) is 18.8. The van der Waals surface area contributed by atoms with Gasteiger partial charge in [0, 0.05) is 29.4 Å². The van der Waals surface area contributed by atoms with Crippen molar-refractivity contribution in [2.75, 3.05) is 19.7 Å². The van der Waals surface area contributed by atoms with Crippen LogP contribution >= 0.6 is 11.3 Å². The van der Waals surface area contributed by atoms with E-state index in [0.717, 1.165) is 53.2 Å². The maximum absolute atomic E-state index is 6.15. The highest BCUT2D eigenvalue weighted by Crippen LogP contribution is 2.41. The summed E-state index contributed by atoms with van der Waals surface area (Å²) in [6.07, 6.45) is 3.34. The minimum Gasteiger partial charge on any atom is -0.492 e. The van der Waals surface area contributed by atoms with Crippen molar-refractivity contribution >= 4 is 11.3 Å². The lowest BCUT2D eigenvalue weighted by Gasteiger charge is -2.23. The van der Waals surface area contributed by atoms with Crippen LogP contribution in [0.25, 0.3) is 22.1 Å². The molecule has 0 radical (unpaired) electrons. The summed E-state index contributed by atoms with van der Waals surface area (Å²) in [5.74, 6) is 3.18. The molecular weight excluding hydrogens is 382 g/mol. The van der Waals surface area contributed by atoms with Crippen molar-refractivity contribution < 1.29 is 4.74 Å². The zero-order valence-corrected chi connectivity index (χ0v) is 18.1. The number of hydrogen-bond acceptors (Lipinski definition) is 6. The molecular formula is C22H27N5OS. The van der Waals surface area contributed by atoms with Crippen molar-refractivity contribution in [2.45, 2.75) is 52.0 Å². The molecule has 2 aromatic heterocycles. The van der Waals surface area contributed by atoms with E-state index in [-0.39, 0.29) is 6.04 Å². The van der Waals surface area contributed by atoms with E-state index in [0.29, 0.717) is 12.5 Å². The third-order valence-electron chi connectivity index (χ3n) is 5.73. The van der Waals surface area contributed by atoms with E-state index in [9.17, 15) is 0 Å². The van der Waals surface area contributed by atoms with Gasteiger partial charge in [0.05, 0.1) is 12.3 Å². The van der Waals surface area contributed by atoms with Gasteiger partial charge in [0.1, 0.15) is 11.6 Å². The monoisotopic (exact) mass is 409 g/mol. The van der Waals surface area contributed by atoms with Crippen molar-refractivity contribution in [3.05, 3.63) is 34.5 Å². The standard InChI is InChI=1S/C22H27N5OS/c1-13(2)27-21(24-14(3)26-27)22-25-20-17-7-6-15(16-5-4-9-23-12-16)11-18(17)28-10-8-19(20)29-22/h6-7,11,13,16,23H,4-5,8-10,12H2,1-3H3/t16-/m0/s1. The minimum atomic E-state index is 0.247. The first-order valence-electron chi connectivity index (χ1n) is 10.5. The molecule has 0 saturated carbocycles. The molecule has 0 amide bonds. The number of hydrogen-bond donors (Lipinski definition) is 1. The van der Waals surface area contributed by atoms with Crippen molar-refractivity contribution in [1.82, 2.24) is 25.1 Å². The van der Waals surface area contributed by atoms with E-state index < -0.39 is 0 Å². The highest BCUT2D eigenvalue weighted by Gasteiger charge is 2.25. The molecule has 1 atom stereocenters. The molecule has 4 heterocycles. The molecule has 3 aromatic rings. The summed E-state index contributed by atoms with van der Waals surface area (Å²) in [7, 11) is 0. The lowest BCUT2D eigenvalue weighted by molar-refractivity contribution is 0.326. The fraction of sp³-hybridized carbons (Fsp3) is 0.500.